The molecule has 0 radical (unpaired) electrons. The Labute approximate surface area is 155 Å². The van der Waals surface area contributed by atoms with Crippen LogP contribution in [0, 0.1) is 5.82 Å². The molecule has 0 aliphatic carbocycles. The van der Waals surface area contributed by atoms with Crippen LogP contribution >= 0.6 is 0 Å². The number of benzene rings is 1. The lowest BCUT2D eigenvalue weighted by Gasteiger charge is -2.28. The highest BCUT2D eigenvalue weighted by atomic mass is 19.1. The van der Waals surface area contributed by atoms with Gasteiger partial charge in [0.2, 0.25) is 0 Å². The fourth-order valence-corrected chi connectivity index (χ4v) is 2.63. The van der Waals surface area contributed by atoms with Crippen LogP contribution in [0.2, 0.25) is 0 Å². The smallest absolute Gasteiger partial charge is 0.359 e. The minimum Gasteiger partial charge on any atom is -0.461 e. The van der Waals surface area contributed by atoms with E-state index in [2.05, 4.69) is 4.98 Å². The molecule has 1 heterocycles. The van der Waals surface area contributed by atoms with Crippen LogP contribution in [0.15, 0.2) is 30.6 Å². The van der Waals surface area contributed by atoms with Crippen LogP contribution in [0.3, 0.4) is 0 Å². The summed E-state index contributed by atoms with van der Waals surface area (Å²) >= 11 is 0. The van der Waals surface area contributed by atoms with Crippen LogP contribution in [-0.4, -0.2) is 41.4 Å². The number of imidazole rings is 1. The Kier molecular flexibility index (Phi) is 6.62. The van der Waals surface area contributed by atoms with Gasteiger partial charge < -0.3 is 19.8 Å². The summed E-state index contributed by atoms with van der Waals surface area (Å²) in [6.07, 6.45) is 1.15. The molecule has 0 amide bonds. The summed E-state index contributed by atoms with van der Waals surface area (Å²) in [6.45, 7) is 1.88. The molecule has 1 aromatic heterocycles. The Morgan fingerprint density at radius 2 is 1.81 bits per heavy atom. The van der Waals surface area contributed by atoms with E-state index in [1.807, 2.05) is 0 Å². The van der Waals surface area contributed by atoms with Gasteiger partial charge in [0.05, 0.1) is 25.1 Å². The lowest BCUT2D eigenvalue weighted by Crippen LogP contribution is -2.44. The van der Waals surface area contributed by atoms with E-state index >= 15 is 0 Å². The minimum absolute atomic E-state index is 0.0521. The van der Waals surface area contributed by atoms with Gasteiger partial charge in [0.1, 0.15) is 12.5 Å². The zero-order chi connectivity index (χ0) is 20.0. The molecule has 0 aliphatic rings. The van der Waals surface area contributed by atoms with E-state index in [0.29, 0.717) is 0 Å². The average Bonchev–Trinajstić information content (AvgIpc) is 3.05. The van der Waals surface area contributed by atoms with Crippen LogP contribution in [-0.2, 0) is 21.6 Å². The maximum absolute atomic E-state index is 14.2. The van der Waals surface area contributed by atoms with Crippen molar-refractivity contribution in [2.45, 2.75) is 25.9 Å². The van der Waals surface area contributed by atoms with E-state index in [4.69, 9.17) is 15.2 Å². The predicted molar refractivity (Wildman–Crippen MR) is 92.4 cm³/mol. The quantitative estimate of drug-likeness (QED) is 0.704. The Morgan fingerprint density at radius 3 is 2.41 bits per heavy atom. The number of aromatic nitrogens is 2. The molecular weight excluding hydrogens is 360 g/mol. The van der Waals surface area contributed by atoms with E-state index in [9.17, 15) is 18.4 Å². The monoisotopic (exact) mass is 381 g/mol. The number of hydrogen-bond acceptors (Lipinski definition) is 6. The Bertz CT molecular complexity index is 825. The lowest BCUT2D eigenvalue weighted by atomic mass is 9.91. The molecule has 2 rings (SSSR count). The second-order valence-electron chi connectivity index (χ2n) is 5.78. The van der Waals surface area contributed by atoms with Gasteiger partial charge in [-0.05, 0) is 19.9 Å². The summed E-state index contributed by atoms with van der Waals surface area (Å²) in [6, 6.07) is 5.51. The van der Waals surface area contributed by atoms with Crippen molar-refractivity contribution in [1.29, 1.82) is 0 Å². The summed E-state index contributed by atoms with van der Waals surface area (Å²) < 4.78 is 39.0. The van der Waals surface area contributed by atoms with Crippen molar-refractivity contribution >= 4 is 11.9 Å². The third-order valence-electron chi connectivity index (χ3n) is 3.88. The number of ether oxygens (including phenoxy) is 2. The maximum Gasteiger partial charge on any atom is 0.359 e. The Balaban J connectivity index is 2.49. The number of carbonyl (C=O) groups is 2. The summed E-state index contributed by atoms with van der Waals surface area (Å²) in [5, 5.41) is 0. The Morgan fingerprint density at radius 1 is 1.19 bits per heavy atom. The zero-order valence-corrected chi connectivity index (χ0v) is 15.1. The average molecular weight is 381 g/mol. The molecule has 146 valence electrons. The van der Waals surface area contributed by atoms with Crippen LogP contribution in [0.1, 0.15) is 40.4 Å². The molecule has 1 aromatic carbocycles. The van der Waals surface area contributed by atoms with Crippen LogP contribution in [0.25, 0.3) is 0 Å². The molecule has 0 spiro atoms. The molecule has 0 bridgehead atoms. The van der Waals surface area contributed by atoms with Gasteiger partial charge >= 0.3 is 11.9 Å². The predicted octanol–water partition coefficient (Wildman–Crippen LogP) is 2.20. The third-order valence-corrected chi connectivity index (χ3v) is 3.88. The summed E-state index contributed by atoms with van der Waals surface area (Å²) in [4.78, 5) is 28.3. The van der Waals surface area contributed by atoms with Crippen molar-refractivity contribution < 1.29 is 27.8 Å². The second-order valence-corrected chi connectivity index (χ2v) is 5.78. The number of rotatable bonds is 8. The number of halogens is 2. The molecule has 0 saturated carbocycles. The normalized spacial score (nSPS) is 13.1. The van der Waals surface area contributed by atoms with E-state index in [0.717, 1.165) is 12.4 Å². The summed E-state index contributed by atoms with van der Waals surface area (Å²) in [7, 11) is 0. The largest absolute Gasteiger partial charge is 0.461 e. The van der Waals surface area contributed by atoms with Crippen molar-refractivity contribution in [1.82, 2.24) is 9.55 Å². The van der Waals surface area contributed by atoms with E-state index < -0.39 is 30.0 Å². The number of carbonyl (C=O) groups excluding carboxylic acids is 2. The highest BCUT2D eigenvalue weighted by Gasteiger charge is 2.34. The SMILES string of the molecule is CCOC(=O)c1ncn(CC(N)(CF)c2ccccc2F)c1C(=O)OCC. The van der Waals surface area contributed by atoms with Crippen LogP contribution in [0.4, 0.5) is 8.78 Å². The minimum atomic E-state index is -1.78. The fourth-order valence-electron chi connectivity index (χ4n) is 2.63. The molecular formula is C18H21F2N3O4. The lowest BCUT2D eigenvalue weighted by molar-refractivity contribution is 0.0465. The van der Waals surface area contributed by atoms with Gasteiger partial charge in [-0.15, -0.1) is 0 Å². The number of hydrogen-bond donors (Lipinski definition) is 1. The molecule has 27 heavy (non-hydrogen) atoms. The first-order chi connectivity index (χ1) is 12.9. The molecule has 0 saturated heterocycles. The van der Waals surface area contributed by atoms with E-state index in [-0.39, 0.29) is 36.7 Å². The number of esters is 2. The van der Waals surface area contributed by atoms with E-state index in [1.165, 1.54) is 22.8 Å². The van der Waals surface area contributed by atoms with Gasteiger partial charge in [0.25, 0.3) is 0 Å². The molecule has 0 fully saturated rings. The van der Waals surface area contributed by atoms with Gasteiger partial charge in [-0.1, -0.05) is 18.2 Å². The van der Waals surface area contributed by atoms with Crippen molar-refractivity contribution in [3.63, 3.8) is 0 Å². The fraction of sp³-hybridized carbons (Fsp3) is 0.389. The van der Waals surface area contributed by atoms with Gasteiger partial charge in [-0.2, -0.15) is 0 Å². The van der Waals surface area contributed by atoms with Crippen molar-refractivity contribution in [3.8, 4) is 0 Å². The van der Waals surface area contributed by atoms with Crippen LogP contribution < -0.4 is 5.73 Å². The molecule has 1 unspecified atom stereocenters. The molecule has 9 heteroatoms. The first kappa shape index (κ1) is 20.5. The summed E-state index contributed by atoms with van der Waals surface area (Å²) in [5.74, 6) is -2.35. The van der Waals surface area contributed by atoms with E-state index in [1.54, 1.807) is 13.8 Å². The van der Waals surface area contributed by atoms with Crippen molar-refractivity contribution in [3.05, 3.63) is 53.4 Å². The molecule has 1 atom stereocenters. The number of nitrogens with zero attached hydrogens (tertiary/aromatic N) is 2. The zero-order valence-electron chi connectivity index (χ0n) is 15.1. The number of nitrogens with two attached hydrogens (primary N) is 1. The highest BCUT2D eigenvalue weighted by Crippen LogP contribution is 2.26. The standard InChI is InChI=1S/C18H21F2N3O4/c1-3-26-16(24)14-15(17(25)27-4-2)23(11-22-14)10-18(21,9-19)12-7-5-6-8-13(12)20/h5-8,11H,3-4,9-10,21H2,1-2H3. The molecule has 0 aliphatic heterocycles. The maximum atomic E-state index is 14.2. The Hall–Kier alpha value is -2.81. The van der Waals surface area contributed by atoms with Crippen LogP contribution in [0.5, 0.6) is 0 Å². The second kappa shape index (κ2) is 8.72. The highest BCUT2D eigenvalue weighted by molar-refractivity contribution is 6.00. The topological polar surface area (TPSA) is 96.4 Å². The first-order valence-electron chi connectivity index (χ1n) is 8.37. The van der Waals surface area contributed by atoms with Crippen molar-refractivity contribution in [2.24, 2.45) is 5.73 Å². The third kappa shape index (κ3) is 4.30. The van der Waals surface area contributed by atoms with Gasteiger partial charge in [0.15, 0.2) is 11.4 Å². The number of alkyl halides is 1. The van der Waals surface area contributed by atoms with Crippen molar-refractivity contribution in [2.75, 3.05) is 19.9 Å². The van der Waals surface area contributed by atoms with Gasteiger partial charge in [0, 0.05) is 12.1 Å². The summed E-state index contributed by atoms with van der Waals surface area (Å²) in [5.41, 5.74) is 3.77. The first-order valence-corrected chi connectivity index (χ1v) is 8.37. The molecule has 7 nitrogen and oxygen atoms in total. The van der Waals surface area contributed by atoms with Gasteiger partial charge in [-0.3, -0.25) is 0 Å². The van der Waals surface area contributed by atoms with Gasteiger partial charge in [-0.25, -0.2) is 23.4 Å². The molecule has 2 N–H and O–H groups in total. The molecule has 2 aromatic rings.